The number of halogens is 2. The number of carbonyl (C=O) groups excluding carboxylic acids is 1. The molecule has 0 saturated heterocycles. The molecule has 1 heterocycles. The highest BCUT2D eigenvalue weighted by molar-refractivity contribution is 9.12. The SMILES string of the molecule is O=C(/C(Br)=C/c1cccs1)c1ccc(Cl)cc1. The van der Waals surface area contributed by atoms with Gasteiger partial charge < -0.3 is 0 Å². The second-order valence-electron chi connectivity index (χ2n) is 3.34. The molecular weight excluding hydrogens is 320 g/mol. The molecule has 1 aromatic heterocycles. The van der Waals surface area contributed by atoms with E-state index in [2.05, 4.69) is 15.9 Å². The number of hydrogen-bond acceptors (Lipinski definition) is 2. The number of Topliss-reactive ketones (excluding diaryl/α,β-unsaturated/α-hetero) is 1. The van der Waals surface area contributed by atoms with Crippen molar-refractivity contribution in [1.29, 1.82) is 0 Å². The predicted octanol–water partition coefficient (Wildman–Crippen LogP) is 5.02. The molecule has 0 N–H and O–H groups in total. The van der Waals surface area contributed by atoms with Crippen molar-refractivity contribution >= 4 is 50.7 Å². The molecule has 0 aliphatic heterocycles. The van der Waals surface area contributed by atoms with E-state index in [0.29, 0.717) is 15.1 Å². The summed E-state index contributed by atoms with van der Waals surface area (Å²) in [5.74, 6) is -0.0462. The number of ketones is 1. The number of allylic oxidation sites excluding steroid dienone is 1. The van der Waals surface area contributed by atoms with Crippen LogP contribution in [0.5, 0.6) is 0 Å². The topological polar surface area (TPSA) is 17.1 Å². The van der Waals surface area contributed by atoms with E-state index in [1.165, 1.54) is 0 Å². The van der Waals surface area contributed by atoms with Crippen molar-refractivity contribution in [3.8, 4) is 0 Å². The molecule has 86 valence electrons. The highest BCUT2D eigenvalue weighted by atomic mass is 79.9. The number of carbonyl (C=O) groups is 1. The maximum absolute atomic E-state index is 12.0. The molecule has 0 saturated carbocycles. The first kappa shape index (κ1) is 12.6. The Morgan fingerprint density at radius 2 is 1.94 bits per heavy atom. The van der Waals surface area contributed by atoms with Crippen LogP contribution in [0.1, 0.15) is 15.2 Å². The van der Waals surface area contributed by atoms with Crippen LogP contribution >= 0.6 is 38.9 Å². The third-order valence-electron chi connectivity index (χ3n) is 2.14. The predicted molar refractivity (Wildman–Crippen MR) is 77.0 cm³/mol. The second kappa shape index (κ2) is 5.63. The van der Waals surface area contributed by atoms with Crippen molar-refractivity contribution in [2.75, 3.05) is 0 Å². The molecule has 0 aliphatic rings. The van der Waals surface area contributed by atoms with Gasteiger partial charge in [-0.1, -0.05) is 17.7 Å². The molecule has 0 aliphatic carbocycles. The average molecular weight is 328 g/mol. The lowest BCUT2D eigenvalue weighted by Gasteiger charge is -1.99. The quantitative estimate of drug-likeness (QED) is 0.571. The summed E-state index contributed by atoms with van der Waals surface area (Å²) in [7, 11) is 0. The van der Waals surface area contributed by atoms with Crippen molar-refractivity contribution in [2.45, 2.75) is 0 Å². The molecule has 1 aromatic carbocycles. The van der Waals surface area contributed by atoms with E-state index >= 15 is 0 Å². The van der Waals surface area contributed by atoms with E-state index in [4.69, 9.17) is 11.6 Å². The Balaban J connectivity index is 2.23. The van der Waals surface area contributed by atoms with E-state index in [-0.39, 0.29) is 5.78 Å². The van der Waals surface area contributed by atoms with E-state index < -0.39 is 0 Å². The number of thiophene rings is 1. The minimum absolute atomic E-state index is 0.0462. The van der Waals surface area contributed by atoms with Crippen LogP contribution in [0.2, 0.25) is 5.02 Å². The fourth-order valence-electron chi connectivity index (χ4n) is 1.30. The van der Waals surface area contributed by atoms with Crippen LogP contribution in [0, 0.1) is 0 Å². The van der Waals surface area contributed by atoms with E-state index in [9.17, 15) is 4.79 Å². The summed E-state index contributed by atoms with van der Waals surface area (Å²) in [6.45, 7) is 0. The summed E-state index contributed by atoms with van der Waals surface area (Å²) in [6.07, 6.45) is 1.82. The van der Waals surface area contributed by atoms with Crippen LogP contribution in [0.3, 0.4) is 0 Å². The molecule has 2 rings (SSSR count). The van der Waals surface area contributed by atoms with Gasteiger partial charge in [0, 0.05) is 15.5 Å². The molecule has 17 heavy (non-hydrogen) atoms. The number of hydrogen-bond donors (Lipinski definition) is 0. The van der Waals surface area contributed by atoms with Gasteiger partial charge in [0.15, 0.2) is 5.78 Å². The van der Waals surface area contributed by atoms with Crippen LogP contribution < -0.4 is 0 Å². The van der Waals surface area contributed by atoms with Gasteiger partial charge in [-0.15, -0.1) is 11.3 Å². The van der Waals surface area contributed by atoms with Crippen LogP contribution in [-0.4, -0.2) is 5.78 Å². The second-order valence-corrected chi connectivity index (χ2v) is 5.61. The maximum Gasteiger partial charge on any atom is 0.200 e. The molecule has 0 bridgehead atoms. The Bertz CT molecular complexity index is 543. The van der Waals surface area contributed by atoms with Gasteiger partial charge in [0.1, 0.15) is 0 Å². The molecule has 0 spiro atoms. The Morgan fingerprint density at radius 1 is 1.24 bits per heavy atom. The zero-order valence-electron chi connectivity index (χ0n) is 8.69. The molecule has 0 radical (unpaired) electrons. The molecule has 0 fully saturated rings. The lowest BCUT2D eigenvalue weighted by Crippen LogP contribution is -1.97. The highest BCUT2D eigenvalue weighted by Crippen LogP contribution is 2.21. The van der Waals surface area contributed by atoms with Gasteiger partial charge >= 0.3 is 0 Å². The standard InChI is InChI=1S/C13H8BrClOS/c14-12(8-11-2-1-7-17-11)13(16)9-3-5-10(15)6-4-9/h1-8H/b12-8-. The Labute approximate surface area is 117 Å². The average Bonchev–Trinajstić information content (AvgIpc) is 2.82. The third-order valence-corrected chi connectivity index (χ3v) is 3.80. The molecule has 0 amide bonds. The molecule has 2 aromatic rings. The van der Waals surface area contributed by atoms with Gasteiger partial charge in [0.25, 0.3) is 0 Å². The molecular formula is C13H8BrClOS. The van der Waals surface area contributed by atoms with Crippen LogP contribution in [-0.2, 0) is 0 Å². The van der Waals surface area contributed by atoms with Crippen molar-refractivity contribution < 1.29 is 4.79 Å². The molecule has 1 nitrogen and oxygen atoms in total. The lowest BCUT2D eigenvalue weighted by atomic mass is 10.1. The van der Waals surface area contributed by atoms with Gasteiger partial charge in [-0.3, -0.25) is 4.79 Å². The highest BCUT2D eigenvalue weighted by Gasteiger charge is 2.09. The van der Waals surface area contributed by atoms with Crippen molar-refractivity contribution in [2.24, 2.45) is 0 Å². The normalized spacial score (nSPS) is 11.5. The Kier molecular flexibility index (Phi) is 4.15. The van der Waals surface area contributed by atoms with E-state index in [1.807, 2.05) is 23.6 Å². The zero-order valence-corrected chi connectivity index (χ0v) is 11.8. The summed E-state index contributed by atoms with van der Waals surface area (Å²) >= 11 is 10.7. The summed E-state index contributed by atoms with van der Waals surface area (Å²) in [6, 6.07) is 10.8. The van der Waals surface area contributed by atoms with Gasteiger partial charge in [-0.05, 0) is 57.7 Å². The first-order valence-corrected chi connectivity index (χ1v) is 6.93. The summed E-state index contributed by atoms with van der Waals surface area (Å²) in [4.78, 5) is 13.1. The minimum Gasteiger partial charge on any atom is -0.288 e. The fraction of sp³-hybridized carbons (Fsp3) is 0. The molecule has 4 heteroatoms. The third kappa shape index (κ3) is 3.28. The minimum atomic E-state index is -0.0462. The van der Waals surface area contributed by atoms with Gasteiger partial charge in [-0.25, -0.2) is 0 Å². The van der Waals surface area contributed by atoms with Crippen molar-refractivity contribution in [1.82, 2.24) is 0 Å². The smallest absolute Gasteiger partial charge is 0.200 e. The largest absolute Gasteiger partial charge is 0.288 e. The van der Waals surface area contributed by atoms with Gasteiger partial charge in [0.05, 0.1) is 4.48 Å². The number of rotatable bonds is 3. The van der Waals surface area contributed by atoms with E-state index in [0.717, 1.165) is 4.88 Å². The molecule has 0 atom stereocenters. The van der Waals surface area contributed by atoms with Crippen LogP contribution in [0.4, 0.5) is 0 Å². The number of benzene rings is 1. The first-order valence-electron chi connectivity index (χ1n) is 4.88. The van der Waals surface area contributed by atoms with Crippen LogP contribution in [0.25, 0.3) is 6.08 Å². The van der Waals surface area contributed by atoms with E-state index in [1.54, 1.807) is 35.6 Å². The van der Waals surface area contributed by atoms with Crippen molar-refractivity contribution in [3.63, 3.8) is 0 Å². The monoisotopic (exact) mass is 326 g/mol. The Morgan fingerprint density at radius 3 is 2.53 bits per heavy atom. The van der Waals surface area contributed by atoms with Gasteiger partial charge in [-0.2, -0.15) is 0 Å². The Hall–Kier alpha value is -0.900. The zero-order chi connectivity index (χ0) is 12.3. The summed E-state index contributed by atoms with van der Waals surface area (Å²) in [5, 5.41) is 2.60. The lowest BCUT2D eigenvalue weighted by molar-refractivity contribution is 0.104. The first-order chi connectivity index (χ1) is 8.16. The summed E-state index contributed by atoms with van der Waals surface area (Å²) < 4.78 is 0.544. The molecule has 0 unspecified atom stereocenters. The fourth-order valence-corrected chi connectivity index (χ4v) is 2.71. The van der Waals surface area contributed by atoms with Crippen LogP contribution in [0.15, 0.2) is 46.3 Å². The maximum atomic E-state index is 12.0. The summed E-state index contributed by atoms with van der Waals surface area (Å²) in [5.41, 5.74) is 0.620. The van der Waals surface area contributed by atoms with Gasteiger partial charge in [0.2, 0.25) is 0 Å². The van der Waals surface area contributed by atoms with Crippen molar-refractivity contribution in [3.05, 3.63) is 61.7 Å².